The van der Waals surface area contributed by atoms with Gasteiger partial charge in [-0.15, -0.1) is 0 Å². The minimum absolute atomic E-state index is 0.272. The topological polar surface area (TPSA) is 88.6 Å². The molecule has 0 unspecified atom stereocenters. The summed E-state index contributed by atoms with van der Waals surface area (Å²) in [5.41, 5.74) is 1.75. The summed E-state index contributed by atoms with van der Waals surface area (Å²) in [5.74, 6) is 0.959. The molecule has 2 aromatic rings. The number of benzene rings is 1. The highest BCUT2D eigenvalue weighted by atomic mass is 16.5. The first kappa shape index (κ1) is 20.0. The summed E-state index contributed by atoms with van der Waals surface area (Å²) in [6.45, 7) is 9.40. The Morgan fingerprint density at radius 2 is 1.96 bits per heavy atom. The van der Waals surface area contributed by atoms with Crippen LogP contribution >= 0.6 is 0 Å². The zero-order valence-electron chi connectivity index (χ0n) is 16.4. The minimum atomic E-state index is -0.272. The van der Waals surface area contributed by atoms with Crippen LogP contribution in [0.2, 0.25) is 0 Å². The molecule has 1 saturated heterocycles. The number of anilines is 2. The molecule has 1 aromatic carbocycles. The van der Waals surface area contributed by atoms with E-state index in [0.717, 1.165) is 44.3 Å². The highest BCUT2D eigenvalue weighted by molar-refractivity contribution is 6.03. The largest absolute Gasteiger partial charge is 0.494 e. The van der Waals surface area contributed by atoms with Crippen molar-refractivity contribution in [2.75, 3.05) is 56.6 Å². The highest BCUT2D eigenvalue weighted by Crippen LogP contribution is 2.16. The number of amides is 1. The normalized spacial score (nSPS) is 14.5. The second kappa shape index (κ2) is 10.0. The predicted molar refractivity (Wildman–Crippen MR) is 108 cm³/mol. The number of carbonyl (C=O) groups is 1. The third-order valence-corrected chi connectivity index (χ3v) is 4.32. The summed E-state index contributed by atoms with van der Waals surface area (Å²) < 4.78 is 10.8. The maximum atomic E-state index is 12.6. The molecule has 8 nitrogen and oxygen atoms in total. The third kappa shape index (κ3) is 5.90. The van der Waals surface area contributed by atoms with Crippen LogP contribution in [-0.4, -0.2) is 66.8 Å². The van der Waals surface area contributed by atoms with Crippen LogP contribution in [0.5, 0.6) is 5.75 Å². The summed E-state index contributed by atoms with van der Waals surface area (Å²) >= 11 is 0. The summed E-state index contributed by atoms with van der Waals surface area (Å²) in [6.07, 6.45) is 0. The SMILES string of the molecule is CCOc1ccc(NC(=O)c2cc(C)nc(NCCN3CCOCC3)n2)cc1. The van der Waals surface area contributed by atoms with Crippen molar-refractivity contribution < 1.29 is 14.3 Å². The summed E-state index contributed by atoms with van der Waals surface area (Å²) in [4.78, 5) is 23.6. The Bertz CT molecular complexity index is 776. The van der Waals surface area contributed by atoms with Gasteiger partial charge in [0.25, 0.3) is 5.91 Å². The maximum Gasteiger partial charge on any atom is 0.274 e. The summed E-state index contributed by atoms with van der Waals surface area (Å²) in [5, 5.41) is 6.07. The standard InChI is InChI=1S/C20H27N5O3/c1-3-28-17-6-4-16(5-7-17)23-19(26)18-14-15(2)22-20(24-18)21-8-9-25-10-12-27-13-11-25/h4-7,14H,3,8-13H2,1-2H3,(H,23,26)(H,21,22,24). The molecular weight excluding hydrogens is 358 g/mol. The van der Waals surface area contributed by atoms with Gasteiger partial charge >= 0.3 is 0 Å². The van der Waals surface area contributed by atoms with Gasteiger partial charge in [-0.05, 0) is 44.2 Å². The van der Waals surface area contributed by atoms with Crippen molar-refractivity contribution in [1.82, 2.24) is 14.9 Å². The van der Waals surface area contributed by atoms with Gasteiger partial charge in [-0.1, -0.05) is 0 Å². The van der Waals surface area contributed by atoms with E-state index in [1.165, 1.54) is 0 Å². The van der Waals surface area contributed by atoms with Gasteiger partial charge in [0.15, 0.2) is 0 Å². The van der Waals surface area contributed by atoms with Crippen molar-refractivity contribution in [3.05, 3.63) is 41.7 Å². The minimum Gasteiger partial charge on any atom is -0.494 e. The molecule has 150 valence electrons. The van der Waals surface area contributed by atoms with Gasteiger partial charge in [0.2, 0.25) is 5.95 Å². The molecule has 1 aliphatic rings. The lowest BCUT2D eigenvalue weighted by Gasteiger charge is -2.26. The number of nitrogens with zero attached hydrogens (tertiary/aromatic N) is 3. The number of hydrogen-bond donors (Lipinski definition) is 2. The van der Waals surface area contributed by atoms with Gasteiger partial charge in [0, 0.05) is 37.6 Å². The maximum absolute atomic E-state index is 12.6. The van der Waals surface area contributed by atoms with Crippen LogP contribution in [0.25, 0.3) is 0 Å². The molecular formula is C20H27N5O3. The zero-order chi connectivity index (χ0) is 19.8. The second-order valence-corrected chi connectivity index (χ2v) is 6.51. The average molecular weight is 385 g/mol. The lowest BCUT2D eigenvalue weighted by molar-refractivity contribution is 0.0398. The van der Waals surface area contributed by atoms with Gasteiger partial charge < -0.3 is 20.1 Å². The number of morpholine rings is 1. The van der Waals surface area contributed by atoms with Gasteiger partial charge in [-0.3, -0.25) is 9.69 Å². The molecule has 0 radical (unpaired) electrons. The summed E-state index contributed by atoms with van der Waals surface area (Å²) in [6, 6.07) is 8.93. The van der Waals surface area contributed by atoms with E-state index in [2.05, 4.69) is 25.5 Å². The van der Waals surface area contributed by atoms with E-state index in [0.29, 0.717) is 30.5 Å². The quantitative estimate of drug-likeness (QED) is 0.720. The Hall–Kier alpha value is -2.71. The number of ether oxygens (including phenoxy) is 2. The number of hydrogen-bond acceptors (Lipinski definition) is 7. The van der Waals surface area contributed by atoms with E-state index in [1.807, 2.05) is 26.0 Å². The van der Waals surface area contributed by atoms with E-state index in [-0.39, 0.29) is 5.91 Å². The first-order chi connectivity index (χ1) is 13.6. The van der Waals surface area contributed by atoms with E-state index >= 15 is 0 Å². The van der Waals surface area contributed by atoms with E-state index < -0.39 is 0 Å². The van der Waals surface area contributed by atoms with E-state index in [4.69, 9.17) is 9.47 Å². The Labute approximate surface area is 165 Å². The molecule has 1 aliphatic heterocycles. The fourth-order valence-corrected chi connectivity index (χ4v) is 2.91. The lowest BCUT2D eigenvalue weighted by Crippen LogP contribution is -2.39. The molecule has 8 heteroatoms. The smallest absolute Gasteiger partial charge is 0.274 e. The number of aromatic nitrogens is 2. The Kier molecular flexibility index (Phi) is 7.16. The number of aryl methyl sites for hydroxylation is 1. The van der Waals surface area contributed by atoms with Crippen LogP contribution < -0.4 is 15.4 Å². The van der Waals surface area contributed by atoms with Crippen molar-refractivity contribution in [2.45, 2.75) is 13.8 Å². The van der Waals surface area contributed by atoms with Crippen LogP contribution in [0, 0.1) is 6.92 Å². The summed E-state index contributed by atoms with van der Waals surface area (Å²) in [7, 11) is 0. The van der Waals surface area contributed by atoms with Crippen molar-refractivity contribution in [2.24, 2.45) is 0 Å². The molecule has 0 aliphatic carbocycles. The highest BCUT2D eigenvalue weighted by Gasteiger charge is 2.13. The average Bonchev–Trinajstić information content (AvgIpc) is 2.70. The molecule has 0 spiro atoms. The molecule has 0 saturated carbocycles. The van der Waals surface area contributed by atoms with E-state index in [1.54, 1.807) is 18.2 Å². The molecule has 1 fully saturated rings. The Balaban J connectivity index is 1.57. The fourth-order valence-electron chi connectivity index (χ4n) is 2.91. The second-order valence-electron chi connectivity index (χ2n) is 6.51. The van der Waals surface area contributed by atoms with Crippen LogP contribution in [0.3, 0.4) is 0 Å². The first-order valence-corrected chi connectivity index (χ1v) is 9.58. The number of nitrogens with one attached hydrogen (secondary N) is 2. The molecule has 0 bridgehead atoms. The predicted octanol–water partition coefficient (Wildman–Crippen LogP) is 2.18. The van der Waals surface area contributed by atoms with Crippen molar-refractivity contribution in [3.63, 3.8) is 0 Å². The molecule has 2 N–H and O–H groups in total. The van der Waals surface area contributed by atoms with Gasteiger partial charge in [-0.25, -0.2) is 9.97 Å². The molecule has 1 amide bonds. The number of rotatable bonds is 8. The fraction of sp³-hybridized carbons (Fsp3) is 0.450. The first-order valence-electron chi connectivity index (χ1n) is 9.58. The van der Waals surface area contributed by atoms with Crippen molar-refractivity contribution in [3.8, 4) is 5.75 Å². The van der Waals surface area contributed by atoms with Crippen molar-refractivity contribution >= 4 is 17.5 Å². The van der Waals surface area contributed by atoms with E-state index in [9.17, 15) is 4.79 Å². The number of carbonyl (C=O) groups excluding carboxylic acids is 1. The van der Waals surface area contributed by atoms with Crippen LogP contribution in [0.1, 0.15) is 23.1 Å². The molecule has 1 aromatic heterocycles. The van der Waals surface area contributed by atoms with Crippen LogP contribution in [0.15, 0.2) is 30.3 Å². The van der Waals surface area contributed by atoms with Gasteiger partial charge in [-0.2, -0.15) is 0 Å². The Morgan fingerprint density at radius 3 is 2.68 bits per heavy atom. The molecule has 3 rings (SSSR count). The molecule has 28 heavy (non-hydrogen) atoms. The lowest BCUT2D eigenvalue weighted by atomic mass is 10.2. The monoisotopic (exact) mass is 385 g/mol. The zero-order valence-corrected chi connectivity index (χ0v) is 16.4. The van der Waals surface area contributed by atoms with Gasteiger partial charge in [0.1, 0.15) is 11.4 Å². The van der Waals surface area contributed by atoms with Crippen LogP contribution in [-0.2, 0) is 4.74 Å². The van der Waals surface area contributed by atoms with Crippen molar-refractivity contribution in [1.29, 1.82) is 0 Å². The third-order valence-electron chi connectivity index (χ3n) is 4.32. The van der Waals surface area contributed by atoms with Crippen LogP contribution in [0.4, 0.5) is 11.6 Å². The Morgan fingerprint density at radius 1 is 1.21 bits per heavy atom. The van der Waals surface area contributed by atoms with Gasteiger partial charge in [0.05, 0.1) is 19.8 Å². The molecule has 0 atom stereocenters. The molecule has 2 heterocycles.